The minimum absolute atomic E-state index is 0.555. The molecule has 0 saturated carbocycles. The van der Waals surface area contributed by atoms with Gasteiger partial charge in [-0.3, -0.25) is 4.90 Å². The van der Waals surface area contributed by atoms with Crippen LogP contribution in [0.4, 0.5) is 0 Å². The van der Waals surface area contributed by atoms with Gasteiger partial charge in [-0.25, -0.2) is 0 Å². The molecule has 3 aromatic rings. The first-order valence-electron chi connectivity index (χ1n) is 9.06. The minimum atomic E-state index is 0.555. The maximum atomic E-state index is 6.14. The second-order valence-corrected chi connectivity index (χ2v) is 8.07. The van der Waals surface area contributed by atoms with Crippen LogP contribution in [0, 0.1) is 0 Å². The number of aromatic nitrogens is 1. The Hall–Kier alpha value is -1.78. The average molecular weight is 357 g/mol. The van der Waals surface area contributed by atoms with Gasteiger partial charge >= 0.3 is 0 Å². The lowest BCUT2D eigenvalue weighted by atomic mass is 10.1. The molecule has 0 aliphatic carbocycles. The molecule has 4 heteroatoms. The van der Waals surface area contributed by atoms with Crippen molar-refractivity contribution in [3.8, 4) is 5.75 Å². The number of thiophene rings is 1. The summed E-state index contributed by atoms with van der Waals surface area (Å²) in [6.07, 6.45) is 3.16. The van der Waals surface area contributed by atoms with Crippen LogP contribution in [0.1, 0.15) is 38.1 Å². The molecular weight excluding hydrogens is 328 g/mol. The molecule has 0 bridgehead atoms. The van der Waals surface area contributed by atoms with Gasteiger partial charge in [0.1, 0.15) is 12.4 Å². The van der Waals surface area contributed by atoms with E-state index in [1.807, 2.05) is 0 Å². The fourth-order valence-corrected chi connectivity index (χ4v) is 4.06. The third-order valence-electron chi connectivity index (χ3n) is 4.67. The van der Waals surface area contributed by atoms with Crippen LogP contribution < -0.4 is 4.74 Å². The van der Waals surface area contributed by atoms with Crippen molar-refractivity contribution in [2.45, 2.75) is 52.8 Å². The smallest absolute Gasteiger partial charge is 0.129 e. The Bertz CT molecular complexity index is 781. The van der Waals surface area contributed by atoms with Gasteiger partial charge in [0.25, 0.3) is 0 Å². The van der Waals surface area contributed by atoms with Gasteiger partial charge in [-0.2, -0.15) is 0 Å². The molecule has 2 aromatic heterocycles. The summed E-state index contributed by atoms with van der Waals surface area (Å²) >= 11 is 1.73. The number of hydrogen-bond acceptors (Lipinski definition) is 3. The van der Waals surface area contributed by atoms with Gasteiger partial charge in [-0.05, 0) is 63.3 Å². The average Bonchev–Trinajstić information content (AvgIpc) is 3.22. The van der Waals surface area contributed by atoms with Crippen LogP contribution in [-0.4, -0.2) is 28.5 Å². The molecule has 25 heavy (non-hydrogen) atoms. The molecule has 0 aliphatic rings. The highest BCUT2D eigenvalue weighted by Crippen LogP contribution is 2.30. The molecule has 0 radical (unpaired) electrons. The lowest BCUT2D eigenvalue weighted by molar-refractivity contribution is 0.177. The number of ether oxygens (including phenoxy) is 1. The van der Waals surface area contributed by atoms with Crippen LogP contribution in [0.15, 0.2) is 41.9 Å². The molecule has 3 nitrogen and oxygen atoms in total. The largest absolute Gasteiger partial charge is 0.487 e. The number of benzene rings is 1. The highest BCUT2D eigenvalue weighted by Gasteiger charge is 2.15. The third kappa shape index (κ3) is 4.25. The maximum absolute atomic E-state index is 6.14. The lowest BCUT2D eigenvalue weighted by Gasteiger charge is -2.30. The summed E-state index contributed by atoms with van der Waals surface area (Å²) in [6, 6.07) is 11.6. The van der Waals surface area contributed by atoms with E-state index in [4.69, 9.17) is 4.74 Å². The first-order valence-corrected chi connectivity index (χ1v) is 9.94. The van der Waals surface area contributed by atoms with Crippen LogP contribution in [0.2, 0.25) is 0 Å². The molecule has 0 aliphatic heterocycles. The Balaban J connectivity index is 1.79. The standard InChI is InChI=1S/C21H28N2OS/c1-15(2)23(16(3)4)11-10-17-13-22-19-8-5-9-20(21(17)19)24-14-18-7-6-12-25-18/h5-9,12-13,15-16,22H,10-11,14H2,1-4H3. The summed E-state index contributed by atoms with van der Waals surface area (Å²) in [4.78, 5) is 7.19. The summed E-state index contributed by atoms with van der Waals surface area (Å²) in [5.41, 5.74) is 2.49. The molecule has 0 atom stereocenters. The number of H-pyrrole nitrogens is 1. The van der Waals surface area contributed by atoms with E-state index in [0.717, 1.165) is 24.2 Å². The molecule has 134 valence electrons. The summed E-state index contributed by atoms with van der Waals surface area (Å²) in [5, 5.41) is 3.32. The Morgan fingerprint density at radius 2 is 1.88 bits per heavy atom. The van der Waals surface area contributed by atoms with Gasteiger partial charge < -0.3 is 9.72 Å². The van der Waals surface area contributed by atoms with Crippen molar-refractivity contribution in [3.63, 3.8) is 0 Å². The van der Waals surface area contributed by atoms with Crippen molar-refractivity contribution in [1.82, 2.24) is 9.88 Å². The number of aromatic amines is 1. The Kier molecular flexibility index (Phi) is 5.82. The van der Waals surface area contributed by atoms with Crippen molar-refractivity contribution in [1.29, 1.82) is 0 Å². The summed E-state index contributed by atoms with van der Waals surface area (Å²) in [6.45, 7) is 10.8. The van der Waals surface area contributed by atoms with Gasteiger partial charge in [-0.1, -0.05) is 12.1 Å². The van der Waals surface area contributed by atoms with Gasteiger partial charge in [-0.15, -0.1) is 11.3 Å². The molecule has 3 rings (SSSR count). The zero-order valence-electron chi connectivity index (χ0n) is 15.6. The van der Waals surface area contributed by atoms with Gasteiger partial charge in [0.2, 0.25) is 0 Å². The van der Waals surface area contributed by atoms with Crippen LogP contribution in [-0.2, 0) is 13.0 Å². The second kappa shape index (κ2) is 8.07. The fraction of sp³-hybridized carbons (Fsp3) is 0.429. The second-order valence-electron chi connectivity index (χ2n) is 7.04. The van der Waals surface area contributed by atoms with E-state index in [0.29, 0.717) is 18.7 Å². The molecule has 2 heterocycles. The van der Waals surface area contributed by atoms with Crippen molar-refractivity contribution in [3.05, 3.63) is 52.3 Å². The Morgan fingerprint density at radius 3 is 2.56 bits per heavy atom. The van der Waals surface area contributed by atoms with Gasteiger partial charge in [0.15, 0.2) is 0 Å². The third-order valence-corrected chi connectivity index (χ3v) is 5.52. The van der Waals surface area contributed by atoms with E-state index in [9.17, 15) is 0 Å². The van der Waals surface area contributed by atoms with Gasteiger partial charge in [0, 0.05) is 40.6 Å². The normalized spacial score (nSPS) is 12.0. The summed E-state index contributed by atoms with van der Waals surface area (Å²) in [5.74, 6) is 0.975. The van der Waals surface area contributed by atoms with Crippen LogP contribution in [0.5, 0.6) is 5.75 Å². The molecular formula is C21H28N2OS. The predicted molar refractivity (Wildman–Crippen MR) is 108 cm³/mol. The zero-order valence-corrected chi connectivity index (χ0v) is 16.4. The zero-order chi connectivity index (χ0) is 17.8. The first-order chi connectivity index (χ1) is 12.1. The van der Waals surface area contributed by atoms with Crippen LogP contribution >= 0.6 is 11.3 Å². The first kappa shape index (κ1) is 18.0. The minimum Gasteiger partial charge on any atom is -0.487 e. The highest BCUT2D eigenvalue weighted by atomic mass is 32.1. The van der Waals surface area contributed by atoms with Crippen molar-refractivity contribution in [2.24, 2.45) is 0 Å². The van der Waals surface area contributed by atoms with E-state index in [1.54, 1.807) is 11.3 Å². The van der Waals surface area contributed by atoms with Gasteiger partial charge in [0.05, 0.1) is 0 Å². The number of nitrogens with one attached hydrogen (secondary N) is 1. The van der Waals surface area contributed by atoms with Crippen LogP contribution in [0.25, 0.3) is 10.9 Å². The van der Waals surface area contributed by atoms with E-state index in [1.165, 1.54) is 15.8 Å². The van der Waals surface area contributed by atoms with E-state index < -0.39 is 0 Å². The number of fused-ring (bicyclic) bond motifs is 1. The number of nitrogens with zero attached hydrogens (tertiary/aromatic N) is 1. The number of hydrogen-bond donors (Lipinski definition) is 1. The monoisotopic (exact) mass is 356 g/mol. The Morgan fingerprint density at radius 1 is 1.08 bits per heavy atom. The maximum Gasteiger partial charge on any atom is 0.129 e. The van der Waals surface area contributed by atoms with E-state index in [-0.39, 0.29) is 0 Å². The molecule has 0 amide bonds. The fourth-order valence-electron chi connectivity index (χ4n) is 3.44. The molecule has 0 saturated heterocycles. The van der Waals surface area contributed by atoms with Crippen LogP contribution in [0.3, 0.4) is 0 Å². The SMILES string of the molecule is CC(C)N(CCc1c[nH]c2cccc(OCc3cccs3)c12)C(C)C. The van der Waals surface area contributed by atoms with E-state index in [2.05, 4.69) is 79.5 Å². The summed E-state index contributed by atoms with van der Waals surface area (Å²) < 4.78 is 6.14. The molecule has 0 unspecified atom stereocenters. The quantitative estimate of drug-likeness (QED) is 0.580. The predicted octanol–water partition coefficient (Wildman–Crippen LogP) is 5.47. The Labute approximate surface area is 154 Å². The summed E-state index contributed by atoms with van der Waals surface area (Å²) in [7, 11) is 0. The molecule has 1 N–H and O–H groups in total. The topological polar surface area (TPSA) is 28.3 Å². The highest BCUT2D eigenvalue weighted by molar-refractivity contribution is 7.09. The lowest BCUT2D eigenvalue weighted by Crippen LogP contribution is -2.38. The molecule has 0 spiro atoms. The van der Waals surface area contributed by atoms with Crippen molar-refractivity contribution >= 4 is 22.2 Å². The van der Waals surface area contributed by atoms with E-state index >= 15 is 0 Å². The molecule has 1 aromatic carbocycles. The van der Waals surface area contributed by atoms with Crippen molar-refractivity contribution < 1.29 is 4.74 Å². The van der Waals surface area contributed by atoms with Crippen molar-refractivity contribution in [2.75, 3.05) is 6.54 Å². The number of rotatable bonds is 8. The molecule has 0 fully saturated rings.